The molecule has 5 saturated carbocycles. The fraction of sp³-hybridized carbons (Fsp3) is 0.739. The van der Waals surface area contributed by atoms with E-state index in [1.54, 1.807) is 12.1 Å². The van der Waals surface area contributed by atoms with E-state index in [0.717, 1.165) is 37.5 Å². The van der Waals surface area contributed by atoms with Crippen LogP contribution in [-0.4, -0.2) is 26.2 Å². The number of hydrogen-bond acceptors (Lipinski definition) is 5. The van der Waals surface area contributed by atoms with Crippen molar-refractivity contribution >= 4 is 9.84 Å². The van der Waals surface area contributed by atoms with Crippen molar-refractivity contribution in [2.45, 2.75) is 80.2 Å². The van der Waals surface area contributed by atoms with E-state index in [1.807, 2.05) is 12.1 Å². The standard InChI is InChI=1S/C23H30O5S/c1-29(24,25)21-4-2-17(3-5-21)18-6-8-22(9-7-18)26-23(28-27-22)19-11-15-10-16(13-19)14-20(23)12-15/h2-5,15-16,18-20H,6-14H2,1H3. The van der Waals surface area contributed by atoms with Crippen LogP contribution in [0.1, 0.15) is 69.3 Å². The minimum Gasteiger partial charge on any atom is -0.312 e. The first kappa shape index (κ1) is 18.8. The van der Waals surface area contributed by atoms with Crippen LogP contribution >= 0.6 is 0 Å². The summed E-state index contributed by atoms with van der Waals surface area (Å²) in [6.07, 6.45) is 11.2. The van der Waals surface area contributed by atoms with Gasteiger partial charge in [0.2, 0.25) is 11.6 Å². The smallest absolute Gasteiger partial charge is 0.210 e. The van der Waals surface area contributed by atoms with Gasteiger partial charge in [0, 0.05) is 30.9 Å². The van der Waals surface area contributed by atoms with E-state index in [9.17, 15) is 8.42 Å². The van der Waals surface area contributed by atoms with Crippen LogP contribution in [0.4, 0.5) is 0 Å². The van der Waals surface area contributed by atoms with Gasteiger partial charge < -0.3 is 4.74 Å². The maximum Gasteiger partial charge on any atom is 0.210 e. The van der Waals surface area contributed by atoms with Gasteiger partial charge in [-0.2, -0.15) is 9.78 Å². The van der Waals surface area contributed by atoms with Crippen LogP contribution in [0.2, 0.25) is 0 Å². The zero-order chi connectivity index (χ0) is 19.9. The zero-order valence-corrected chi connectivity index (χ0v) is 17.8. The van der Waals surface area contributed by atoms with Crippen molar-refractivity contribution in [1.29, 1.82) is 0 Å². The van der Waals surface area contributed by atoms with Crippen molar-refractivity contribution in [1.82, 2.24) is 0 Å². The van der Waals surface area contributed by atoms with Crippen LogP contribution < -0.4 is 0 Å². The molecule has 0 N–H and O–H groups in total. The monoisotopic (exact) mass is 418 g/mol. The second-order valence-corrected chi connectivity index (χ2v) is 12.3. The molecular weight excluding hydrogens is 388 g/mol. The average molecular weight is 419 g/mol. The fourth-order valence-electron chi connectivity index (χ4n) is 7.17. The molecule has 6 aliphatic rings. The van der Waals surface area contributed by atoms with Gasteiger partial charge in [-0.05, 0) is 80.4 Å². The van der Waals surface area contributed by atoms with Crippen LogP contribution in [0.3, 0.4) is 0 Å². The Morgan fingerprint density at radius 2 is 1.45 bits per heavy atom. The van der Waals surface area contributed by atoms with Crippen LogP contribution in [0.25, 0.3) is 0 Å². The van der Waals surface area contributed by atoms with E-state index in [0.29, 0.717) is 22.6 Å². The maximum atomic E-state index is 11.7. The lowest BCUT2D eigenvalue weighted by Gasteiger charge is -2.57. The summed E-state index contributed by atoms with van der Waals surface area (Å²) in [5, 5.41) is 0. The molecule has 4 bridgehead atoms. The van der Waals surface area contributed by atoms with Gasteiger partial charge in [-0.25, -0.2) is 8.42 Å². The molecule has 158 valence electrons. The van der Waals surface area contributed by atoms with Gasteiger partial charge in [0.1, 0.15) is 0 Å². The Kier molecular flexibility index (Phi) is 4.07. The number of benzene rings is 1. The van der Waals surface area contributed by atoms with E-state index in [-0.39, 0.29) is 0 Å². The molecule has 0 aromatic heterocycles. The van der Waals surface area contributed by atoms with E-state index in [2.05, 4.69) is 0 Å². The average Bonchev–Trinajstić information content (AvgIpc) is 3.06. The summed E-state index contributed by atoms with van der Waals surface area (Å²) < 4.78 is 30.2. The molecule has 1 aromatic carbocycles. The summed E-state index contributed by atoms with van der Waals surface area (Å²) in [5.74, 6) is 2.08. The molecule has 6 fully saturated rings. The van der Waals surface area contributed by atoms with E-state index < -0.39 is 21.4 Å². The third-order valence-corrected chi connectivity index (χ3v) is 9.60. The highest BCUT2D eigenvalue weighted by atomic mass is 32.2. The lowest BCUT2D eigenvalue weighted by Crippen LogP contribution is -2.59. The van der Waals surface area contributed by atoms with E-state index >= 15 is 0 Å². The summed E-state index contributed by atoms with van der Waals surface area (Å²) >= 11 is 0. The zero-order valence-electron chi connectivity index (χ0n) is 17.0. The van der Waals surface area contributed by atoms with Gasteiger partial charge in [0.05, 0.1) is 4.90 Å². The van der Waals surface area contributed by atoms with Crippen LogP contribution in [0.15, 0.2) is 29.2 Å². The molecular formula is C23H30O5S. The van der Waals surface area contributed by atoms with Crippen molar-refractivity contribution in [3.05, 3.63) is 29.8 Å². The molecule has 0 amide bonds. The Balaban J connectivity index is 1.15. The quantitative estimate of drug-likeness (QED) is 0.658. The summed E-state index contributed by atoms with van der Waals surface area (Å²) in [6, 6.07) is 7.38. The minimum atomic E-state index is -3.15. The molecule has 0 unspecified atom stereocenters. The SMILES string of the molecule is CS(=O)(=O)c1ccc(C2CCC3(CC2)OOC2(O3)C3CC4CC(C3)CC2C4)cc1. The predicted molar refractivity (Wildman–Crippen MR) is 107 cm³/mol. The first-order valence-corrected chi connectivity index (χ1v) is 13.1. The highest BCUT2D eigenvalue weighted by Crippen LogP contribution is 2.64. The maximum absolute atomic E-state index is 11.7. The number of hydrogen-bond donors (Lipinski definition) is 0. The van der Waals surface area contributed by atoms with E-state index in [1.165, 1.54) is 43.9 Å². The first-order chi connectivity index (χ1) is 13.9. The third-order valence-electron chi connectivity index (χ3n) is 8.47. The van der Waals surface area contributed by atoms with Gasteiger partial charge in [0.15, 0.2) is 9.84 Å². The van der Waals surface area contributed by atoms with Crippen molar-refractivity contribution in [2.24, 2.45) is 23.7 Å². The van der Waals surface area contributed by atoms with Gasteiger partial charge in [0.25, 0.3) is 0 Å². The van der Waals surface area contributed by atoms with Crippen LogP contribution in [0, 0.1) is 23.7 Å². The second kappa shape index (κ2) is 6.28. The van der Waals surface area contributed by atoms with E-state index in [4.69, 9.17) is 14.5 Å². The fourth-order valence-corrected chi connectivity index (χ4v) is 7.80. The Morgan fingerprint density at radius 3 is 2.00 bits per heavy atom. The lowest BCUT2D eigenvalue weighted by molar-refractivity contribution is -0.390. The molecule has 1 aromatic rings. The van der Waals surface area contributed by atoms with Gasteiger partial charge in [-0.3, -0.25) is 0 Å². The minimum absolute atomic E-state index is 0.383. The summed E-state index contributed by atoms with van der Waals surface area (Å²) in [5.41, 5.74) is 1.20. The van der Waals surface area contributed by atoms with Gasteiger partial charge >= 0.3 is 0 Å². The molecule has 0 radical (unpaired) electrons. The second-order valence-electron chi connectivity index (χ2n) is 10.3. The number of rotatable bonds is 2. The van der Waals surface area contributed by atoms with Gasteiger partial charge in [-0.15, -0.1) is 0 Å². The van der Waals surface area contributed by atoms with Crippen LogP contribution in [0.5, 0.6) is 0 Å². The highest BCUT2D eigenvalue weighted by Gasteiger charge is 2.66. The summed E-state index contributed by atoms with van der Waals surface area (Å²) in [4.78, 5) is 12.5. The Hall–Kier alpha value is -0.950. The normalized spacial score (nSPS) is 46.0. The Bertz CT molecular complexity index is 870. The molecule has 5 nitrogen and oxygen atoms in total. The lowest BCUT2D eigenvalue weighted by atomic mass is 9.53. The number of sulfone groups is 1. The Morgan fingerprint density at radius 1 is 0.862 bits per heavy atom. The van der Waals surface area contributed by atoms with Crippen molar-refractivity contribution in [3.63, 3.8) is 0 Å². The predicted octanol–water partition coefficient (Wildman–Crippen LogP) is 4.57. The summed E-state index contributed by atoms with van der Waals surface area (Å²) in [6.45, 7) is 0. The largest absolute Gasteiger partial charge is 0.312 e. The molecule has 7 rings (SSSR count). The number of ether oxygens (including phenoxy) is 1. The molecule has 1 saturated heterocycles. The Labute approximate surface area is 173 Å². The van der Waals surface area contributed by atoms with Gasteiger partial charge in [-0.1, -0.05) is 12.1 Å². The van der Waals surface area contributed by atoms with Crippen molar-refractivity contribution in [3.8, 4) is 0 Å². The topological polar surface area (TPSA) is 61.8 Å². The van der Waals surface area contributed by atoms with Crippen molar-refractivity contribution in [2.75, 3.05) is 6.26 Å². The molecule has 6 heteroatoms. The molecule has 2 spiro atoms. The summed E-state index contributed by atoms with van der Waals surface area (Å²) in [7, 11) is -3.15. The molecule has 0 atom stereocenters. The third kappa shape index (κ3) is 2.93. The molecule has 29 heavy (non-hydrogen) atoms. The molecule has 5 aliphatic carbocycles. The molecule has 1 heterocycles. The first-order valence-electron chi connectivity index (χ1n) is 11.2. The highest BCUT2D eigenvalue weighted by molar-refractivity contribution is 7.90. The molecule has 1 aliphatic heterocycles. The van der Waals surface area contributed by atoms with Crippen LogP contribution in [-0.2, 0) is 24.3 Å². The van der Waals surface area contributed by atoms with Crippen molar-refractivity contribution < 1.29 is 22.9 Å².